The number of hydrogen-bond acceptors (Lipinski definition) is 4. The topological polar surface area (TPSA) is 72.8 Å². The van der Waals surface area contributed by atoms with Crippen LogP contribution in [0.5, 0.6) is 11.5 Å². The maximum atomic E-state index is 12.0. The fourth-order valence-electron chi connectivity index (χ4n) is 1.82. The molecule has 0 bridgehead atoms. The van der Waals surface area contributed by atoms with E-state index >= 15 is 0 Å². The Morgan fingerprint density at radius 2 is 1.95 bits per heavy atom. The van der Waals surface area contributed by atoms with E-state index in [4.69, 9.17) is 14.6 Å². The van der Waals surface area contributed by atoms with Crippen LogP contribution in [0.25, 0.3) is 0 Å². The van der Waals surface area contributed by atoms with Crippen LogP contribution in [0, 0.1) is 5.92 Å². The van der Waals surface area contributed by atoms with E-state index in [9.17, 15) is 9.59 Å². The third kappa shape index (κ3) is 3.24. The molecule has 2 rings (SSSR count). The van der Waals surface area contributed by atoms with E-state index in [1.165, 1.54) is 6.92 Å². The van der Waals surface area contributed by atoms with Crippen LogP contribution in [0.3, 0.4) is 0 Å². The summed E-state index contributed by atoms with van der Waals surface area (Å²) in [5.41, 5.74) is 0.456. The third-order valence-corrected chi connectivity index (χ3v) is 2.98. The Labute approximate surface area is 111 Å². The molecular formula is C14H16O5. The van der Waals surface area contributed by atoms with Crippen LogP contribution in [-0.2, 0) is 4.79 Å². The molecule has 0 radical (unpaired) electrons. The number of carboxylic acid groups (broad SMARTS) is 1. The number of hydrogen-bond donors (Lipinski definition) is 1. The molecule has 0 aromatic heterocycles. The van der Waals surface area contributed by atoms with Gasteiger partial charge in [-0.1, -0.05) is 6.92 Å². The Bertz CT molecular complexity index is 495. The van der Waals surface area contributed by atoms with Gasteiger partial charge in [0.25, 0.3) is 0 Å². The summed E-state index contributed by atoms with van der Waals surface area (Å²) >= 11 is 0. The summed E-state index contributed by atoms with van der Waals surface area (Å²) in [6, 6.07) is 4.96. The van der Waals surface area contributed by atoms with Gasteiger partial charge in [-0.25, -0.2) is 0 Å². The number of carbonyl (C=O) groups is 2. The molecule has 0 saturated heterocycles. The molecule has 102 valence electrons. The van der Waals surface area contributed by atoms with Gasteiger partial charge >= 0.3 is 5.97 Å². The smallest absolute Gasteiger partial charge is 0.306 e. The van der Waals surface area contributed by atoms with Crippen LogP contribution >= 0.6 is 0 Å². The number of benzene rings is 1. The van der Waals surface area contributed by atoms with Gasteiger partial charge in [-0.05, 0) is 18.2 Å². The molecule has 1 atom stereocenters. The Kier molecular flexibility index (Phi) is 4.04. The van der Waals surface area contributed by atoms with Crippen molar-refractivity contribution in [2.45, 2.75) is 19.8 Å². The summed E-state index contributed by atoms with van der Waals surface area (Å²) in [5, 5.41) is 8.81. The summed E-state index contributed by atoms with van der Waals surface area (Å²) in [7, 11) is 0. The van der Waals surface area contributed by atoms with Crippen molar-refractivity contribution in [2.24, 2.45) is 5.92 Å². The Morgan fingerprint density at radius 1 is 1.26 bits per heavy atom. The molecule has 0 aliphatic carbocycles. The van der Waals surface area contributed by atoms with E-state index in [0.717, 1.165) is 6.42 Å². The molecule has 0 spiro atoms. The van der Waals surface area contributed by atoms with E-state index < -0.39 is 11.9 Å². The number of Topliss-reactive ketones (excluding diaryl/α,β-unsaturated/α-hetero) is 1. The lowest BCUT2D eigenvalue weighted by atomic mass is 9.99. The van der Waals surface area contributed by atoms with Gasteiger partial charge < -0.3 is 14.6 Å². The minimum Gasteiger partial charge on any atom is -0.490 e. The Balaban J connectivity index is 2.15. The van der Waals surface area contributed by atoms with E-state index in [1.807, 2.05) is 0 Å². The predicted molar refractivity (Wildman–Crippen MR) is 67.8 cm³/mol. The molecule has 1 unspecified atom stereocenters. The van der Waals surface area contributed by atoms with Crippen molar-refractivity contribution in [3.05, 3.63) is 23.8 Å². The standard InChI is InChI=1S/C14H16O5/c1-9(14(16)17)7-11(15)10-3-4-12-13(8-10)19-6-2-5-18-12/h3-4,8-9H,2,5-7H2,1H3,(H,16,17). The highest BCUT2D eigenvalue weighted by molar-refractivity contribution is 5.98. The Hall–Kier alpha value is -2.04. The molecule has 1 aromatic carbocycles. The highest BCUT2D eigenvalue weighted by atomic mass is 16.5. The number of carboxylic acids is 1. The molecule has 1 aliphatic rings. The molecule has 1 aliphatic heterocycles. The number of fused-ring (bicyclic) bond motifs is 1. The fraction of sp³-hybridized carbons (Fsp3) is 0.429. The molecule has 0 amide bonds. The minimum atomic E-state index is -0.970. The zero-order chi connectivity index (χ0) is 13.8. The Morgan fingerprint density at radius 3 is 2.63 bits per heavy atom. The molecule has 0 saturated carbocycles. The van der Waals surface area contributed by atoms with Crippen LogP contribution in [0.4, 0.5) is 0 Å². The van der Waals surface area contributed by atoms with E-state index in [0.29, 0.717) is 30.3 Å². The monoisotopic (exact) mass is 264 g/mol. The van der Waals surface area contributed by atoms with Crippen molar-refractivity contribution in [2.75, 3.05) is 13.2 Å². The van der Waals surface area contributed by atoms with Gasteiger partial charge in [0.05, 0.1) is 19.1 Å². The highest BCUT2D eigenvalue weighted by Crippen LogP contribution is 2.31. The lowest BCUT2D eigenvalue weighted by Gasteiger charge is -2.10. The number of aliphatic carboxylic acids is 1. The molecule has 1 aromatic rings. The maximum absolute atomic E-state index is 12.0. The zero-order valence-electron chi connectivity index (χ0n) is 10.7. The van der Waals surface area contributed by atoms with Crippen molar-refractivity contribution in [3.8, 4) is 11.5 Å². The van der Waals surface area contributed by atoms with Crippen LogP contribution in [0.2, 0.25) is 0 Å². The van der Waals surface area contributed by atoms with Gasteiger partial charge in [0.15, 0.2) is 17.3 Å². The second kappa shape index (κ2) is 5.73. The molecular weight excluding hydrogens is 248 g/mol. The molecule has 19 heavy (non-hydrogen) atoms. The number of rotatable bonds is 4. The average molecular weight is 264 g/mol. The first-order valence-corrected chi connectivity index (χ1v) is 6.23. The summed E-state index contributed by atoms with van der Waals surface area (Å²) < 4.78 is 11.0. The largest absolute Gasteiger partial charge is 0.490 e. The number of carbonyl (C=O) groups excluding carboxylic acids is 1. The van der Waals surface area contributed by atoms with Crippen LogP contribution < -0.4 is 9.47 Å². The van der Waals surface area contributed by atoms with Crippen molar-refractivity contribution >= 4 is 11.8 Å². The van der Waals surface area contributed by atoms with Gasteiger partial charge in [-0.15, -0.1) is 0 Å². The molecule has 1 heterocycles. The second-order valence-corrected chi connectivity index (χ2v) is 4.58. The number of ether oxygens (including phenoxy) is 2. The second-order valence-electron chi connectivity index (χ2n) is 4.58. The summed E-state index contributed by atoms with van der Waals surface area (Å²) in [4.78, 5) is 22.7. The van der Waals surface area contributed by atoms with Gasteiger partial charge in [0.2, 0.25) is 0 Å². The van der Waals surface area contributed by atoms with Crippen molar-refractivity contribution in [1.82, 2.24) is 0 Å². The summed E-state index contributed by atoms with van der Waals surface area (Å²) in [6.45, 7) is 2.66. The first-order valence-electron chi connectivity index (χ1n) is 6.23. The van der Waals surface area contributed by atoms with Gasteiger partial charge in [-0.3, -0.25) is 9.59 Å². The molecule has 1 N–H and O–H groups in total. The lowest BCUT2D eigenvalue weighted by molar-refractivity contribution is -0.141. The maximum Gasteiger partial charge on any atom is 0.306 e. The average Bonchev–Trinajstić information content (AvgIpc) is 2.62. The van der Waals surface area contributed by atoms with Crippen molar-refractivity contribution < 1.29 is 24.2 Å². The highest BCUT2D eigenvalue weighted by Gasteiger charge is 2.19. The van der Waals surface area contributed by atoms with E-state index in [-0.39, 0.29) is 12.2 Å². The first kappa shape index (κ1) is 13.4. The molecule has 5 heteroatoms. The van der Waals surface area contributed by atoms with Gasteiger partial charge in [-0.2, -0.15) is 0 Å². The van der Waals surface area contributed by atoms with E-state index in [1.54, 1.807) is 18.2 Å². The first-order chi connectivity index (χ1) is 9.08. The third-order valence-electron chi connectivity index (χ3n) is 2.98. The zero-order valence-corrected chi connectivity index (χ0v) is 10.7. The van der Waals surface area contributed by atoms with E-state index in [2.05, 4.69) is 0 Å². The van der Waals surface area contributed by atoms with Crippen LogP contribution in [-0.4, -0.2) is 30.1 Å². The van der Waals surface area contributed by atoms with Gasteiger partial charge in [0, 0.05) is 18.4 Å². The van der Waals surface area contributed by atoms with Crippen LogP contribution in [0.1, 0.15) is 30.1 Å². The quantitative estimate of drug-likeness (QED) is 0.843. The number of ketones is 1. The fourth-order valence-corrected chi connectivity index (χ4v) is 1.82. The predicted octanol–water partition coefficient (Wildman–Crippen LogP) is 2.14. The van der Waals surface area contributed by atoms with Crippen molar-refractivity contribution in [3.63, 3.8) is 0 Å². The van der Waals surface area contributed by atoms with Gasteiger partial charge in [0.1, 0.15) is 0 Å². The summed E-state index contributed by atoms with van der Waals surface area (Å²) in [5.74, 6) is -0.691. The molecule has 0 fully saturated rings. The normalized spacial score (nSPS) is 15.4. The minimum absolute atomic E-state index is 0.0189. The van der Waals surface area contributed by atoms with Crippen molar-refractivity contribution in [1.29, 1.82) is 0 Å². The lowest BCUT2D eigenvalue weighted by Crippen LogP contribution is -2.14. The molecule has 5 nitrogen and oxygen atoms in total. The SMILES string of the molecule is CC(CC(=O)c1ccc2c(c1)OCCCO2)C(=O)O. The summed E-state index contributed by atoms with van der Waals surface area (Å²) in [6.07, 6.45) is 0.781. The van der Waals surface area contributed by atoms with Crippen LogP contribution in [0.15, 0.2) is 18.2 Å².